The highest BCUT2D eigenvalue weighted by Gasteiger charge is 2.29. The molecule has 2 aliphatic heterocycles. The molecular weight excluding hydrogens is 378 g/mol. The van der Waals surface area contributed by atoms with Crippen molar-refractivity contribution in [2.75, 3.05) is 45.8 Å². The standard InChI is InChI=1S/C23H35N5O2/c1-2-24-23(25-12-10-21(29)27-13-6-7-14-27)26-17-20-16-22(30)28(18-20)15-11-19-8-4-3-5-9-19/h3-5,8-9,20H,2,6-7,10-18H2,1H3,(H2,24,25,26). The summed E-state index contributed by atoms with van der Waals surface area (Å²) in [7, 11) is 0. The van der Waals surface area contributed by atoms with Crippen LogP contribution in [0.3, 0.4) is 0 Å². The number of guanidine groups is 1. The molecule has 2 aliphatic rings. The summed E-state index contributed by atoms with van der Waals surface area (Å²) in [5.74, 6) is 1.41. The molecule has 0 spiro atoms. The number of carbonyl (C=O) groups excluding carboxylic acids is 2. The molecule has 2 saturated heterocycles. The molecule has 0 bridgehead atoms. The van der Waals surface area contributed by atoms with E-state index in [1.54, 1.807) is 0 Å². The fourth-order valence-corrected chi connectivity index (χ4v) is 4.08. The van der Waals surface area contributed by atoms with Gasteiger partial charge in [-0.3, -0.25) is 14.6 Å². The molecule has 1 aromatic rings. The van der Waals surface area contributed by atoms with Crippen molar-refractivity contribution in [2.45, 2.75) is 39.0 Å². The van der Waals surface area contributed by atoms with Gasteiger partial charge in [0.1, 0.15) is 0 Å². The average Bonchev–Trinajstić information content (AvgIpc) is 3.41. The van der Waals surface area contributed by atoms with E-state index >= 15 is 0 Å². The van der Waals surface area contributed by atoms with Crippen molar-refractivity contribution in [1.82, 2.24) is 20.4 Å². The smallest absolute Gasteiger partial charge is 0.224 e. The molecule has 2 heterocycles. The Morgan fingerprint density at radius 3 is 2.67 bits per heavy atom. The fourth-order valence-electron chi connectivity index (χ4n) is 4.08. The van der Waals surface area contributed by atoms with Crippen LogP contribution in [-0.4, -0.2) is 73.4 Å². The third-order valence-corrected chi connectivity index (χ3v) is 5.75. The first-order valence-electron chi connectivity index (χ1n) is 11.3. The van der Waals surface area contributed by atoms with E-state index in [1.165, 1.54) is 5.56 Å². The molecule has 2 fully saturated rings. The van der Waals surface area contributed by atoms with E-state index in [2.05, 4.69) is 27.8 Å². The van der Waals surface area contributed by atoms with Crippen molar-refractivity contribution in [3.05, 3.63) is 35.9 Å². The van der Waals surface area contributed by atoms with E-state index < -0.39 is 0 Å². The zero-order valence-corrected chi connectivity index (χ0v) is 18.1. The Balaban J connectivity index is 1.41. The Kier molecular flexibility index (Phi) is 8.53. The van der Waals surface area contributed by atoms with Crippen LogP contribution in [0.2, 0.25) is 0 Å². The minimum Gasteiger partial charge on any atom is -0.357 e. The zero-order chi connectivity index (χ0) is 21.2. The van der Waals surface area contributed by atoms with Gasteiger partial charge < -0.3 is 20.4 Å². The lowest BCUT2D eigenvalue weighted by Gasteiger charge is -2.17. The predicted molar refractivity (Wildman–Crippen MR) is 119 cm³/mol. The van der Waals surface area contributed by atoms with Gasteiger partial charge in [-0.2, -0.15) is 0 Å². The van der Waals surface area contributed by atoms with Gasteiger partial charge >= 0.3 is 0 Å². The van der Waals surface area contributed by atoms with Crippen LogP contribution >= 0.6 is 0 Å². The molecule has 0 aromatic heterocycles. The molecule has 0 radical (unpaired) electrons. The first-order valence-corrected chi connectivity index (χ1v) is 11.3. The summed E-state index contributed by atoms with van der Waals surface area (Å²) in [5, 5.41) is 6.50. The lowest BCUT2D eigenvalue weighted by molar-refractivity contribution is -0.130. The van der Waals surface area contributed by atoms with Gasteiger partial charge in [-0.15, -0.1) is 0 Å². The minimum absolute atomic E-state index is 0.214. The first-order chi connectivity index (χ1) is 14.7. The fraction of sp³-hybridized carbons (Fsp3) is 0.609. The number of benzene rings is 1. The molecule has 0 aliphatic carbocycles. The van der Waals surface area contributed by atoms with E-state index in [0.29, 0.717) is 25.9 Å². The summed E-state index contributed by atoms with van der Waals surface area (Å²) >= 11 is 0. The maximum atomic E-state index is 12.4. The van der Waals surface area contributed by atoms with Crippen LogP contribution in [0.25, 0.3) is 0 Å². The molecule has 2 N–H and O–H groups in total. The molecule has 1 aromatic carbocycles. The van der Waals surface area contributed by atoms with Crippen molar-refractivity contribution in [1.29, 1.82) is 0 Å². The van der Waals surface area contributed by atoms with Crippen LogP contribution in [0.1, 0.15) is 38.2 Å². The van der Waals surface area contributed by atoms with Gasteiger partial charge in [0.25, 0.3) is 0 Å². The van der Waals surface area contributed by atoms with E-state index in [4.69, 9.17) is 0 Å². The van der Waals surface area contributed by atoms with Gasteiger partial charge in [0.05, 0.1) is 0 Å². The molecule has 0 saturated carbocycles. The average molecular weight is 414 g/mol. The third-order valence-electron chi connectivity index (χ3n) is 5.75. The van der Waals surface area contributed by atoms with Crippen LogP contribution in [0.5, 0.6) is 0 Å². The highest BCUT2D eigenvalue weighted by Crippen LogP contribution is 2.18. The monoisotopic (exact) mass is 413 g/mol. The second-order valence-corrected chi connectivity index (χ2v) is 8.13. The number of carbonyl (C=O) groups is 2. The lowest BCUT2D eigenvalue weighted by atomic mass is 10.1. The van der Waals surface area contributed by atoms with Crippen LogP contribution < -0.4 is 10.6 Å². The Bertz CT molecular complexity index is 716. The molecule has 2 amide bonds. The summed E-state index contributed by atoms with van der Waals surface area (Å²) in [6, 6.07) is 10.3. The minimum atomic E-state index is 0.214. The van der Waals surface area contributed by atoms with Crippen molar-refractivity contribution < 1.29 is 9.59 Å². The number of nitrogens with one attached hydrogen (secondary N) is 2. The molecule has 3 rings (SSSR count). The number of likely N-dealkylation sites (tertiary alicyclic amines) is 2. The summed E-state index contributed by atoms with van der Waals surface area (Å²) in [6.45, 7) is 7.29. The van der Waals surface area contributed by atoms with Gasteiger partial charge in [0, 0.05) is 64.6 Å². The molecule has 30 heavy (non-hydrogen) atoms. The van der Waals surface area contributed by atoms with Crippen LogP contribution in [0.4, 0.5) is 0 Å². The Hall–Kier alpha value is -2.57. The van der Waals surface area contributed by atoms with Crippen LogP contribution in [0, 0.1) is 5.92 Å². The van der Waals surface area contributed by atoms with Crippen molar-refractivity contribution >= 4 is 17.8 Å². The molecule has 1 atom stereocenters. The van der Waals surface area contributed by atoms with Gasteiger partial charge in [0.15, 0.2) is 5.96 Å². The molecule has 1 unspecified atom stereocenters. The van der Waals surface area contributed by atoms with Crippen molar-refractivity contribution in [3.63, 3.8) is 0 Å². The topological polar surface area (TPSA) is 77.0 Å². The predicted octanol–water partition coefficient (Wildman–Crippen LogP) is 1.65. The maximum Gasteiger partial charge on any atom is 0.224 e. The second kappa shape index (κ2) is 11.6. The van der Waals surface area contributed by atoms with Crippen molar-refractivity contribution in [2.24, 2.45) is 10.9 Å². The summed E-state index contributed by atoms with van der Waals surface area (Å²) in [4.78, 5) is 33.1. The third kappa shape index (κ3) is 6.75. The molecular formula is C23H35N5O2. The molecule has 7 nitrogen and oxygen atoms in total. The number of nitrogens with zero attached hydrogens (tertiary/aromatic N) is 3. The highest BCUT2D eigenvalue weighted by atomic mass is 16.2. The maximum absolute atomic E-state index is 12.4. The van der Waals surface area contributed by atoms with Gasteiger partial charge in [0.2, 0.25) is 11.8 Å². The molecule has 7 heteroatoms. The SMILES string of the molecule is CCNC(=NCC1CC(=O)N(CCc2ccccc2)C1)NCCC(=O)N1CCCC1. The van der Waals surface area contributed by atoms with E-state index in [1.807, 2.05) is 34.9 Å². The van der Waals surface area contributed by atoms with Gasteiger partial charge in [-0.05, 0) is 31.7 Å². The van der Waals surface area contributed by atoms with E-state index in [9.17, 15) is 9.59 Å². The summed E-state index contributed by atoms with van der Waals surface area (Å²) in [5.41, 5.74) is 1.26. The van der Waals surface area contributed by atoms with E-state index in [-0.39, 0.29) is 17.7 Å². The Morgan fingerprint density at radius 1 is 1.17 bits per heavy atom. The molecule has 164 valence electrons. The largest absolute Gasteiger partial charge is 0.357 e. The first kappa shape index (κ1) is 22.1. The number of hydrogen-bond acceptors (Lipinski definition) is 3. The van der Waals surface area contributed by atoms with Crippen LogP contribution in [0.15, 0.2) is 35.3 Å². The Labute approximate surface area is 179 Å². The highest BCUT2D eigenvalue weighted by molar-refractivity contribution is 5.82. The lowest BCUT2D eigenvalue weighted by Crippen LogP contribution is -2.40. The number of rotatable bonds is 9. The second-order valence-electron chi connectivity index (χ2n) is 8.13. The zero-order valence-electron chi connectivity index (χ0n) is 18.1. The van der Waals surface area contributed by atoms with Gasteiger partial charge in [-0.25, -0.2) is 0 Å². The number of amides is 2. The number of aliphatic imine (C=N–C) groups is 1. The van der Waals surface area contributed by atoms with Gasteiger partial charge in [-0.1, -0.05) is 30.3 Å². The van der Waals surface area contributed by atoms with Crippen molar-refractivity contribution in [3.8, 4) is 0 Å². The Morgan fingerprint density at radius 2 is 1.93 bits per heavy atom. The summed E-state index contributed by atoms with van der Waals surface area (Å²) in [6.07, 6.45) is 4.17. The summed E-state index contributed by atoms with van der Waals surface area (Å²) < 4.78 is 0. The quantitative estimate of drug-likeness (QED) is 0.477. The normalized spacial score (nSPS) is 19.4. The number of hydrogen-bond donors (Lipinski definition) is 2. The van der Waals surface area contributed by atoms with Crippen LogP contribution in [-0.2, 0) is 16.0 Å². The van der Waals surface area contributed by atoms with E-state index in [0.717, 1.165) is 57.9 Å².